The summed E-state index contributed by atoms with van der Waals surface area (Å²) < 4.78 is 11.8. The minimum absolute atomic E-state index is 0.399. The van der Waals surface area contributed by atoms with Crippen LogP contribution in [0.15, 0.2) is 78.9 Å². The number of hydrogen-bond donors (Lipinski definition) is 1. The van der Waals surface area contributed by atoms with E-state index in [0.717, 1.165) is 10.6 Å². The van der Waals surface area contributed by atoms with Gasteiger partial charge in [0.25, 0.3) is 0 Å². The van der Waals surface area contributed by atoms with Gasteiger partial charge in [0.05, 0.1) is 0 Å². The van der Waals surface area contributed by atoms with E-state index in [1.165, 1.54) is 0 Å². The number of hydrogen-bond acceptors (Lipinski definition) is 6. The van der Waals surface area contributed by atoms with Crippen molar-refractivity contribution in [2.45, 2.75) is 27.7 Å². The zero-order valence-corrected chi connectivity index (χ0v) is 21.8. The summed E-state index contributed by atoms with van der Waals surface area (Å²) in [5.74, 6) is -0.409. The van der Waals surface area contributed by atoms with Crippen molar-refractivity contribution < 1.29 is 9.32 Å². The molecule has 3 aromatic carbocycles. The second-order valence-corrected chi connectivity index (χ2v) is 12.5. The van der Waals surface area contributed by atoms with Gasteiger partial charge in [-0.15, -0.1) is 0 Å². The third kappa shape index (κ3) is 3.75. The Labute approximate surface area is 207 Å². The molecule has 0 aliphatic heterocycles. The van der Waals surface area contributed by atoms with E-state index in [-0.39, 0.29) is 0 Å². The topological polar surface area (TPSA) is 74.3 Å². The number of para-hydroxylation sites is 1. The molecule has 4 rings (SSSR count). The third-order valence-electron chi connectivity index (χ3n) is 6.78. The molecule has 0 saturated carbocycles. The quantitative estimate of drug-likeness (QED) is 0.323. The minimum atomic E-state index is -3.94. The van der Waals surface area contributed by atoms with Gasteiger partial charge in [-0.2, -0.15) is 0 Å². The average molecular weight is 492 g/mol. The SMILES string of the molecule is CCN(CC)P(OC(=O)c1cccc2n[nH]nc12)(c1ccccc1)(c1ccccc1)N(CC)CC. The molecule has 1 aromatic heterocycles. The van der Waals surface area contributed by atoms with Crippen molar-refractivity contribution in [1.29, 1.82) is 0 Å². The van der Waals surface area contributed by atoms with Gasteiger partial charge in [-0.25, -0.2) is 0 Å². The molecule has 0 spiro atoms. The molecule has 0 fully saturated rings. The van der Waals surface area contributed by atoms with Crippen LogP contribution < -0.4 is 10.6 Å². The summed E-state index contributed by atoms with van der Waals surface area (Å²) in [5, 5.41) is 13.1. The van der Waals surface area contributed by atoms with E-state index in [1.54, 1.807) is 6.07 Å². The summed E-state index contributed by atoms with van der Waals surface area (Å²) in [6.07, 6.45) is 0. The predicted molar refractivity (Wildman–Crippen MR) is 144 cm³/mol. The molecule has 0 amide bonds. The van der Waals surface area contributed by atoms with Crippen LogP contribution in [0.4, 0.5) is 0 Å². The van der Waals surface area contributed by atoms with Crippen molar-refractivity contribution in [3.8, 4) is 0 Å². The van der Waals surface area contributed by atoms with Gasteiger partial charge >= 0.3 is 207 Å². The summed E-state index contributed by atoms with van der Waals surface area (Å²) in [4.78, 5) is 14.3. The van der Waals surface area contributed by atoms with Gasteiger partial charge in [-0.3, -0.25) is 0 Å². The van der Waals surface area contributed by atoms with Gasteiger partial charge in [-0.05, 0) is 0 Å². The first-order valence-electron chi connectivity index (χ1n) is 12.2. The van der Waals surface area contributed by atoms with Crippen molar-refractivity contribution in [3.05, 3.63) is 84.4 Å². The maximum atomic E-state index is 14.3. The number of aromatic amines is 1. The van der Waals surface area contributed by atoms with Crippen molar-refractivity contribution in [3.63, 3.8) is 0 Å². The molecule has 0 bridgehead atoms. The Hall–Kier alpha value is -3.12. The third-order valence-corrected chi connectivity index (χ3v) is 13.0. The molecule has 4 aromatic rings. The van der Waals surface area contributed by atoms with Gasteiger partial charge in [0.2, 0.25) is 0 Å². The van der Waals surface area contributed by atoms with Gasteiger partial charge in [0, 0.05) is 0 Å². The van der Waals surface area contributed by atoms with Crippen LogP contribution in [0.3, 0.4) is 0 Å². The van der Waals surface area contributed by atoms with Crippen LogP contribution in [-0.2, 0) is 4.52 Å². The average Bonchev–Trinajstić information content (AvgIpc) is 3.40. The van der Waals surface area contributed by atoms with Crippen molar-refractivity contribution in [2.24, 2.45) is 0 Å². The number of benzene rings is 3. The molecule has 8 heteroatoms. The molecule has 0 saturated heterocycles. The molecule has 184 valence electrons. The fourth-order valence-corrected chi connectivity index (χ4v) is 11.7. The number of rotatable bonds is 10. The molecule has 1 heterocycles. The van der Waals surface area contributed by atoms with Crippen molar-refractivity contribution >= 4 is 34.7 Å². The maximum absolute atomic E-state index is 14.3. The van der Waals surface area contributed by atoms with Crippen molar-refractivity contribution in [1.82, 2.24) is 24.8 Å². The number of fused-ring (bicyclic) bond motifs is 1. The summed E-state index contributed by atoms with van der Waals surface area (Å²) in [6.45, 7) is 11.3. The number of nitrogens with zero attached hydrogens (tertiary/aromatic N) is 4. The van der Waals surface area contributed by atoms with Crippen LogP contribution in [0.2, 0.25) is 0 Å². The molecule has 0 radical (unpaired) electrons. The molecule has 0 aliphatic rings. The second-order valence-electron chi connectivity index (χ2n) is 8.27. The zero-order chi connectivity index (χ0) is 24.9. The molecule has 35 heavy (non-hydrogen) atoms. The Morgan fingerprint density at radius 1 is 0.743 bits per heavy atom. The molecule has 0 aliphatic carbocycles. The summed E-state index contributed by atoms with van der Waals surface area (Å²) in [7, 11) is -3.94. The van der Waals surface area contributed by atoms with E-state index in [0.29, 0.717) is 42.8 Å². The standard InChI is InChI=1S/C27H34N5O2P/c1-5-31(6-2)35(32(7-3)8-4,22-16-11-9-12-17-22,23-18-13-10-14-19-23)34-27(33)24-20-15-21-25-26(24)29-30-28-25/h9-21H,5-8H2,1-4H3,(H,28,29,30). The Kier molecular flexibility index (Phi) is 7.31. The Morgan fingerprint density at radius 2 is 1.26 bits per heavy atom. The fourth-order valence-electron chi connectivity index (χ4n) is 5.33. The van der Waals surface area contributed by atoms with E-state index in [4.69, 9.17) is 4.52 Å². The van der Waals surface area contributed by atoms with Crippen LogP contribution >= 0.6 is 7.13 Å². The molecule has 0 unspecified atom stereocenters. The van der Waals surface area contributed by atoms with E-state index < -0.39 is 13.1 Å². The summed E-state index contributed by atoms with van der Waals surface area (Å²) in [5.41, 5.74) is 1.54. The Balaban J connectivity index is 2.12. The predicted octanol–water partition coefficient (Wildman–Crippen LogP) is 4.75. The van der Waals surface area contributed by atoms with E-state index in [9.17, 15) is 4.79 Å². The molecule has 1 N–H and O–H groups in total. The Bertz CT molecular complexity index is 1210. The van der Waals surface area contributed by atoms with Crippen LogP contribution in [-0.4, -0.2) is 56.9 Å². The van der Waals surface area contributed by atoms with Gasteiger partial charge in [0.1, 0.15) is 0 Å². The Morgan fingerprint density at radius 3 is 1.74 bits per heavy atom. The second kappa shape index (κ2) is 10.2. The van der Waals surface area contributed by atoms with Crippen LogP contribution in [0.5, 0.6) is 0 Å². The molecule has 0 atom stereocenters. The van der Waals surface area contributed by atoms with E-state index >= 15 is 0 Å². The number of H-pyrrole nitrogens is 1. The van der Waals surface area contributed by atoms with Gasteiger partial charge in [0.15, 0.2) is 0 Å². The van der Waals surface area contributed by atoms with Crippen LogP contribution in [0, 0.1) is 0 Å². The van der Waals surface area contributed by atoms with Crippen LogP contribution in [0.1, 0.15) is 38.1 Å². The number of carbonyl (C=O) groups excluding carboxylic acids is 1. The first kappa shape index (κ1) is 25.0. The van der Waals surface area contributed by atoms with Crippen molar-refractivity contribution in [2.75, 3.05) is 26.2 Å². The van der Waals surface area contributed by atoms with E-state index in [1.807, 2.05) is 48.5 Å². The number of aromatic nitrogens is 3. The monoisotopic (exact) mass is 491 g/mol. The number of carbonyl (C=O) groups is 1. The normalized spacial score (nSPS) is 13.1. The molecular weight excluding hydrogens is 457 g/mol. The first-order chi connectivity index (χ1) is 17.1. The molecule has 7 nitrogen and oxygen atoms in total. The summed E-state index contributed by atoms with van der Waals surface area (Å²) >= 11 is 0. The van der Waals surface area contributed by atoms with Gasteiger partial charge in [-0.1, -0.05) is 0 Å². The van der Waals surface area contributed by atoms with Gasteiger partial charge < -0.3 is 0 Å². The first-order valence-corrected chi connectivity index (χ1v) is 14.3. The zero-order valence-electron chi connectivity index (χ0n) is 20.9. The van der Waals surface area contributed by atoms with Crippen LogP contribution in [0.25, 0.3) is 11.0 Å². The van der Waals surface area contributed by atoms with E-state index in [2.05, 4.69) is 76.7 Å². The molecular formula is C27H34N5O2P. The number of nitrogens with one attached hydrogen (secondary N) is 1. The summed E-state index contributed by atoms with van der Waals surface area (Å²) in [6, 6.07) is 25.9. The fraction of sp³-hybridized carbons (Fsp3) is 0.296.